The number of phosphoric ester groups is 4. The first-order chi connectivity index (χ1) is 28.6. The molecular formula is C32H36N6O20P4-4. The number of aliphatic imine (C=N–C) groups is 2. The molecule has 0 spiro atoms. The van der Waals surface area contributed by atoms with Crippen LogP contribution in [0.1, 0.15) is 79.4 Å². The molecule has 0 aliphatic carbocycles. The van der Waals surface area contributed by atoms with Gasteiger partial charge < -0.3 is 59.6 Å². The highest BCUT2D eigenvalue weighted by atomic mass is 31.2. The second-order valence-corrected chi connectivity index (χ2v) is 17.9. The van der Waals surface area contributed by atoms with E-state index in [1.165, 1.54) is 27.7 Å². The minimum absolute atomic E-state index is 0.179. The van der Waals surface area contributed by atoms with E-state index in [4.69, 9.17) is 0 Å². The Morgan fingerprint density at radius 1 is 0.484 bits per heavy atom. The molecule has 0 radical (unpaired) electrons. The Labute approximate surface area is 350 Å². The molecule has 0 bridgehead atoms. The highest BCUT2D eigenvalue weighted by Gasteiger charge is 2.32. The zero-order chi connectivity index (χ0) is 46.5. The van der Waals surface area contributed by atoms with Gasteiger partial charge in [0.05, 0.1) is 26.4 Å². The van der Waals surface area contributed by atoms with Gasteiger partial charge >= 0.3 is 31.3 Å². The minimum atomic E-state index is -5.31. The molecule has 4 aromatic rings. The maximum Gasteiger partial charge on any atom is 0.469 e. The number of hydrogen-bond donors (Lipinski definition) is 8. The second-order valence-electron chi connectivity index (χ2n) is 12.9. The molecule has 0 aliphatic rings. The van der Waals surface area contributed by atoms with Crippen LogP contribution in [-0.2, 0) is 62.8 Å². The average molecular weight is 949 g/mol. The number of aryl methyl sites for hydroxylation is 4. The van der Waals surface area contributed by atoms with Crippen LogP contribution < -0.4 is 20.4 Å². The second kappa shape index (κ2) is 20.0. The maximum absolute atomic E-state index is 14.2. The predicted molar refractivity (Wildman–Crippen MR) is 202 cm³/mol. The van der Waals surface area contributed by atoms with Crippen molar-refractivity contribution in [3.63, 3.8) is 0 Å². The monoisotopic (exact) mass is 948 g/mol. The van der Waals surface area contributed by atoms with E-state index in [-0.39, 0.29) is 33.9 Å². The van der Waals surface area contributed by atoms with Gasteiger partial charge in [-0.2, -0.15) is 0 Å². The van der Waals surface area contributed by atoms with E-state index in [2.05, 4.69) is 48.0 Å². The number of rotatable bonds is 19. The summed E-state index contributed by atoms with van der Waals surface area (Å²) in [5, 5.41) is 55.5. The van der Waals surface area contributed by atoms with Gasteiger partial charge in [0, 0.05) is 82.2 Å². The average Bonchev–Trinajstić information content (AvgIpc) is 3.15. The van der Waals surface area contributed by atoms with E-state index >= 15 is 0 Å². The standard InChI is InChI=1S/C32H40N6O20P4/c1-15-29(39)23(19(5-33-15)11-55-59(43,44)45)9-37-27(25-21(13-57-61(49,50)51)7-35-17(3)31(25)41)28(26-22(14-58-62(52,53)54)8-36-18(4)32(26)42)38-10-24-20(12-56-60(46,47)48)6-34-16(2)30(24)40/h5-10,27-28,39-42H,11-14H2,1-4H3,(H2,43,44,45)(H2,46,47,48)(H2,49,50,51)(H2,52,53,54)/p-4. The summed E-state index contributed by atoms with van der Waals surface area (Å²) in [5.74, 6) is -3.83. The van der Waals surface area contributed by atoms with E-state index in [0.717, 1.165) is 37.2 Å². The van der Waals surface area contributed by atoms with Gasteiger partial charge in [-0.05, 0) is 49.9 Å². The smallest absolute Gasteiger partial charge is 0.469 e. The third-order valence-electron chi connectivity index (χ3n) is 8.50. The normalized spacial score (nSPS) is 13.9. The summed E-state index contributed by atoms with van der Waals surface area (Å²) in [4.78, 5) is 100. The summed E-state index contributed by atoms with van der Waals surface area (Å²) >= 11 is 0. The first kappa shape index (κ1) is 50.2. The lowest BCUT2D eigenvalue weighted by Gasteiger charge is -2.33. The Balaban J connectivity index is 2.20. The third-order valence-corrected chi connectivity index (χ3v) is 10.4. The van der Waals surface area contributed by atoms with Crippen molar-refractivity contribution in [2.75, 3.05) is 0 Å². The lowest BCUT2D eigenvalue weighted by molar-refractivity contribution is -0.272. The van der Waals surface area contributed by atoms with Crippen molar-refractivity contribution >= 4 is 43.7 Å². The Kier molecular flexibility index (Phi) is 16.2. The first-order valence-corrected chi connectivity index (χ1v) is 23.2. The van der Waals surface area contributed by atoms with Crippen LogP contribution >= 0.6 is 31.3 Å². The number of nitrogens with zero attached hydrogens (tertiary/aromatic N) is 6. The van der Waals surface area contributed by atoms with Crippen LogP contribution in [-0.4, -0.2) is 71.5 Å². The van der Waals surface area contributed by atoms with E-state index in [9.17, 15) is 77.8 Å². The van der Waals surface area contributed by atoms with Crippen LogP contribution in [0, 0.1) is 27.7 Å². The summed E-state index contributed by atoms with van der Waals surface area (Å²) in [7, 11) is -21.0. The Hall–Kier alpha value is -4.42. The van der Waals surface area contributed by atoms with Crippen LogP contribution in [0.4, 0.5) is 0 Å². The molecule has 0 amide bonds. The lowest BCUT2D eigenvalue weighted by atomic mass is 9.88. The van der Waals surface area contributed by atoms with Crippen molar-refractivity contribution in [1.29, 1.82) is 0 Å². The SMILES string of the molecule is Cc1ncc(COP(=O)(O)O)c(C=NC(c2c(COP(=O)(O)O)cnc(C)c2[O-])C(N=Cc2c(COP(=O)(O)O)cnc(C)c2[O-])c2c(COP(=O)(O)O)cnc(C)c2[O-])c1[O-]. The number of pyridine rings is 4. The Morgan fingerprint density at radius 2 is 0.726 bits per heavy atom. The molecular weight excluding hydrogens is 912 g/mol. The van der Waals surface area contributed by atoms with Gasteiger partial charge in [0.25, 0.3) is 0 Å². The van der Waals surface area contributed by atoms with Crippen molar-refractivity contribution in [2.24, 2.45) is 9.98 Å². The van der Waals surface area contributed by atoms with E-state index < -0.39 is 126 Å². The molecule has 338 valence electrons. The predicted octanol–water partition coefficient (Wildman–Crippen LogP) is 0.252. The Morgan fingerprint density at radius 3 is 1.00 bits per heavy atom. The lowest BCUT2D eigenvalue weighted by Crippen LogP contribution is -2.20. The number of hydrogen-bond acceptors (Lipinski definition) is 18. The van der Waals surface area contributed by atoms with Crippen LogP contribution in [0.25, 0.3) is 0 Å². The third kappa shape index (κ3) is 13.8. The molecule has 26 nitrogen and oxygen atoms in total. The van der Waals surface area contributed by atoms with Gasteiger partial charge in [0.2, 0.25) is 0 Å². The molecule has 4 aromatic heterocycles. The van der Waals surface area contributed by atoms with E-state index in [0.29, 0.717) is 0 Å². The summed E-state index contributed by atoms with van der Waals surface area (Å²) in [6.45, 7) is 0.936. The van der Waals surface area contributed by atoms with Gasteiger partial charge in [-0.1, -0.05) is 23.0 Å². The molecule has 30 heteroatoms. The number of phosphoric acid groups is 4. The highest BCUT2D eigenvalue weighted by Crippen LogP contribution is 2.48. The summed E-state index contributed by atoms with van der Waals surface area (Å²) in [5.41, 5.74) is -4.36. The van der Waals surface area contributed by atoms with Crippen LogP contribution in [0.2, 0.25) is 0 Å². The fourth-order valence-corrected chi connectivity index (χ4v) is 6.75. The van der Waals surface area contributed by atoms with Gasteiger partial charge in [0.15, 0.2) is 0 Å². The fourth-order valence-electron chi connectivity index (χ4n) is 5.52. The molecule has 0 saturated carbocycles. The van der Waals surface area contributed by atoms with E-state index in [1.807, 2.05) is 0 Å². The molecule has 62 heavy (non-hydrogen) atoms. The van der Waals surface area contributed by atoms with Gasteiger partial charge in [0.1, 0.15) is 12.1 Å². The molecule has 2 atom stereocenters. The molecule has 0 aromatic carbocycles. The van der Waals surface area contributed by atoms with Crippen molar-refractivity contribution in [3.05, 3.63) is 92.1 Å². The Bertz CT molecular complexity index is 2400. The zero-order valence-electron chi connectivity index (χ0n) is 32.4. The van der Waals surface area contributed by atoms with Gasteiger partial charge in [-0.3, -0.25) is 48.0 Å². The molecule has 0 fully saturated rings. The van der Waals surface area contributed by atoms with Crippen molar-refractivity contribution in [1.82, 2.24) is 19.9 Å². The highest BCUT2D eigenvalue weighted by molar-refractivity contribution is 7.47. The van der Waals surface area contributed by atoms with Crippen LogP contribution in [0.15, 0.2) is 34.8 Å². The van der Waals surface area contributed by atoms with Crippen molar-refractivity contribution < 1.29 is 95.9 Å². The molecule has 0 aliphatic heterocycles. The van der Waals surface area contributed by atoms with Crippen molar-refractivity contribution in [3.8, 4) is 23.0 Å². The zero-order valence-corrected chi connectivity index (χ0v) is 36.0. The van der Waals surface area contributed by atoms with Gasteiger partial charge in [-0.15, -0.1) is 0 Å². The summed E-state index contributed by atoms with van der Waals surface area (Å²) in [6, 6.07) is -4.06. The fraction of sp³-hybridized carbons (Fsp3) is 0.312. The molecule has 0 saturated heterocycles. The first-order valence-electron chi connectivity index (χ1n) is 17.0. The largest absolute Gasteiger partial charge is 0.871 e. The van der Waals surface area contributed by atoms with Gasteiger partial charge in [-0.25, -0.2) is 18.3 Å². The molecule has 2 unspecified atom stereocenters. The topological polar surface area (TPSA) is 436 Å². The number of aromatic nitrogens is 4. The molecule has 8 N–H and O–H groups in total. The van der Waals surface area contributed by atoms with Crippen molar-refractivity contribution in [2.45, 2.75) is 66.2 Å². The molecule has 4 rings (SSSR count). The minimum Gasteiger partial charge on any atom is -0.871 e. The summed E-state index contributed by atoms with van der Waals surface area (Å²) < 4.78 is 65.5. The van der Waals surface area contributed by atoms with Crippen LogP contribution in [0.3, 0.4) is 0 Å². The van der Waals surface area contributed by atoms with E-state index in [1.54, 1.807) is 0 Å². The quantitative estimate of drug-likeness (QED) is 0.0461. The van der Waals surface area contributed by atoms with Crippen LogP contribution in [0.5, 0.6) is 23.0 Å². The maximum atomic E-state index is 14.2. The molecule has 4 heterocycles. The summed E-state index contributed by atoms with van der Waals surface area (Å²) in [6.07, 6.45) is 5.49.